The molecule has 0 saturated heterocycles. The number of aryl methyl sites for hydroxylation is 1. The van der Waals surface area contributed by atoms with Gasteiger partial charge in [-0.15, -0.1) is 0 Å². The summed E-state index contributed by atoms with van der Waals surface area (Å²) < 4.78 is 2.21. The molecule has 5 heteroatoms. The maximum atomic E-state index is 6.00. The van der Waals surface area contributed by atoms with E-state index in [-0.39, 0.29) is 0 Å². The highest BCUT2D eigenvalue weighted by Gasteiger charge is 2.20. The third-order valence-corrected chi connectivity index (χ3v) is 5.75. The van der Waals surface area contributed by atoms with Gasteiger partial charge in [-0.3, -0.25) is 4.90 Å². The fraction of sp³-hybridized carbons (Fsp3) is 0.217. The summed E-state index contributed by atoms with van der Waals surface area (Å²) in [5, 5.41) is 2.06. The molecule has 0 spiro atoms. The summed E-state index contributed by atoms with van der Waals surface area (Å²) in [6.07, 6.45) is 5.22. The van der Waals surface area contributed by atoms with Crippen LogP contribution >= 0.6 is 11.6 Å². The Labute approximate surface area is 169 Å². The van der Waals surface area contributed by atoms with Crippen molar-refractivity contribution in [2.45, 2.75) is 19.5 Å². The van der Waals surface area contributed by atoms with Crippen LogP contribution in [0.2, 0.25) is 5.02 Å². The van der Waals surface area contributed by atoms with Crippen LogP contribution in [0.1, 0.15) is 16.8 Å². The molecule has 0 radical (unpaired) electrons. The number of nitrogens with zero attached hydrogens (tertiary/aromatic N) is 4. The summed E-state index contributed by atoms with van der Waals surface area (Å²) >= 11 is 6.00. The van der Waals surface area contributed by atoms with Crippen LogP contribution in [0.4, 0.5) is 0 Å². The molecular formula is C23H21ClN4. The van der Waals surface area contributed by atoms with Crippen molar-refractivity contribution in [1.82, 2.24) is 19.4 Å². The molecular weight excluding hydrogens is 368 g/mol. The lowest BCUT2D eigenvalue weighted by molar-refractivity contribution is 0.242. The van der Waals surface area contributed by atoms with Crippen molar-refractivity contribution in [2.75, 3.05) is 6.54 Å². The van der Waals surface area contributed by atoms with Gasteiger partial charge < -0.3 is 4.57 Å². The molecule has 4 aromatic rings. The monoisotopic (exact) mass is 388 g/mol. The lowest BCUT2D eigenvalue weighted by Gasteiger charge is -2.27. The molecule has 4 nitrogen and oxygen atoms in total. The van der Waals surface area contributed by atoms with E-state index in [9.17, 15) is 0 Å². The minimum atomic E-state index is 0.725. The van der Waals surface area contributed by atoms with Crippen molar-refractivity contribution < 1.29 is 0 Å². The Morgan fingerprint density at radius 1 is 1.07 bits per heavy atom. The average molecular weight is 389 g/mol. The minimum absolute atomic E-state index is 0.725. The van der Waals surface area contributed by atoms with Crippen molar-refractivity contribution >= 4 is 22.5 Å². The predicted octanol–water partition coefficient (Wildman–Crippen LogP) is 4.85. The van der Waals surface area contributed by atoms with Gasteiger partial charge in [0.1, 0.15) is 0 Å². The molecule has 0 bridgehead atoms. The van der Waals surface area contributed by atoms with Crippen molar-refractivity contribution in [2.24, 2.45) is 7.05 Å². The van der Waals surface area contributed by atoms with Gasteiger partial charge in [0, 0.05) is 60.6 Å². The third-order valence-electron chi connectivity index (χ3n) is 5.50. The number of para-hydroxylation sites is 1. The first-order valence-corrected chi connectivity index (χ1v) is 9.91. The molecule has 1 aliphatic rings. The number of rotatable bonds is 3. The molecule has 0 amide bonds. The van der Waals surface area contributed by atoms with Crippen LogP contribution in [0, 0.1) is 0 Å². The Hall–Kier alpha value is -2.69. The Kier molecular flexibility index (Phi) is 4.38. The molecule has 3 heterocycles. The smallest absolute Gasteiger partial charge is 0.159 e. The zero-order valence-electron chi connectivity index (χ0n) is 15.8. The molecule has 2 aromatic heterocycles. The van der Waals surface area contributed by atoms with Gasteiger partial charge in [-0.1, -0.05) is 29.8 Å². The molecule has 0 unspecified atom stereocenters. The van der Waals surface area contributed by atoms with Crippen LogP contribution in [-0.4, -0.2) is 26.0 Å². The molecule has 140 valence electrons. The quantitative estimate of drug-likeness (QED) is 0.503. The number of fused-ring (bicyclic) bond motifs is 2. The Bertz CT molecular complexity index is 1150. The van der Waals surface area contributed by atoms with Gasteiger partial charge >= 0.3 is 0 Å². The summed E-state index contributed by atoms with van der Waals surface area (Å²) in [5.41, 5.74) is 6.03. The van der Waals surface area contributed by atoms with E-state index < -0.39 is 0 Å². The number of aromatic nitrogens is 3. The lowest BCUT2D eigenvalue weighted by atomic mass is 10.1. The van der Waals surface area contributed by atoms with Gasteiger partial charge in [0.2, 0.25) is 0 Å². The molecule has 2 aromatic carbocycles. The highest BCUT2D eigenvalue weighted by atomic mass is 35.5. The minimum Gasteiger partial charge on any atom is -0.350 e. The molecule has 5 rings (SSSR count). The summed E-state index contributed by atoms with van der Waals surface area (Å²) in [5.74, 6) is 0.766. The number of hydrogen-bond donors (Lipinski definition) is 0. The van der Waals surface area contributed by atoms with E-state index >= 15 is 0 Å². The van der Waals surface area contributed by atoms with E-state index in [4.69, 9.17) is 16.6 Å². The molecule has 0 aliphatic carbocycles. The van der Waals surface area contributed by atoms with E-state index in [1.165, 1.54) is 22.0 Å². The van der Waals surface area contributed by atoms with Gasteiger partial charge in [0.25, 0.3) is 0 Å². The topological polar surface area (TPSA) is 34.0 Å². The maximum Gasteiger partial charge on any atom is 0.159 e. The van der Waals surface area contributed by atoms with E-state index in [2.05, 4.69) is 52.0 Å². The normalized spacial score (nSPS) is 14.4. The average Bonchev–Trinajstić information content (AvgIpc) is 3.04. The van der Waals surface area contributed by atoms with Crippen LogP contribution in [0.3, 0.4) is 0 Å². The van der Waals surface area contributed by atoms with Crippen molar-refractivity contribution in [3.8, 4) is 11.4 Å². The van der Waals surface area contributed by atoms with Gasteiger partial charge in [-0.2, -0.15) is 0 Å². The lowest BCUT2D eigenvalue weighted by Crippen LogP contribution is -2.31. The number of halogens is 1. The summed E-state index contributed by atoms with van der Waals surface area (Å²) in [6, 6.07) is 16.3. The Morgan fingerprint density at radius 2 is 1.89 bits per heavy atom. The summed E-state index contributed by atoms with van der Waals surface area (Å²) in [4.78, 5) is 11.9. The molecule has 0 saturated carbocycles. The Balaban J connectivity index is 1.41. The molecule has 0 N–H and O–H groups in total. The first kappa shape index (κ1) is 17.4. The van der Waals surface area contributed by atoms with E-state index in [0.717, 1.165) is 48.2 Å². The zero-order chi connectivity index (χ0) is 19.1. The van der Waals surface area contributed by atoms with Crippen molar-refractivity contribution in [3.05, 3.63) is 82.8 Å². The van der Waals surface area contributed by atoms with E-state index in [0.29, 0.717) is 0 Å². The standard InChI is InChI=1S/C23H21ClN4/c1-27-13-18(20-4-2-3-5-22(20)27)14-28-11-10-17-12-25-23(26-21(17)15-28)16-6-8-19(24)9-7-16/h2-9,12-13H,10-11,14-15H2,1H3. The summed E-state index contributed by atoms with van der Waals surface area (Å²) in [7, 11) is 2.11. The molecule has 0 fully saturated rings. The second-order valence-electron chi connectivity index (χ2n) is 7.42. The first-order chi connectivity index (χ1) is 13.7. The van der Waals surface area contributed by atoms with Crippen molar-refractivity contribution in [3.63, 3.8) is 0 Å². The second-order valence-corrected chi connectivity index (χ2v) is 7.85. The zero-order valence-corrected chi connectivity index (χ0v) is 16.5. The van der Waals surface area contributed by atoms with Crippen LogP contribution in [0.25, 0.3) is 22.3 Å². The summed E-state index contributed by atoms with van der Waals surface area (Å²) in [6.45, 7) is 2.81. The highest BCUT2D eigenvalue weighted by molar-refractivity contribution is 6.30. The second kappa shape index (κ2) is 7.04. The third kappa shape index (κ3) is 3.19. The van der Waals surface area contributed by atoms with Crippen LogP contribution in [-0.2, 0) is 26.6 Å². The molecule has 1 aliphatic heterocycles. The number of benzene rings is 2. The Morgan fingerprint density at radius 3 is 2.75 bits per heavy atom. The van der Waals surface area contributed by atoms with Gasteiger partial charge in [-0.05, 0) is 47.9 Å². The predicted molar refractivity (Wildman–Crippen MR) is 113 cm³/mol. The van der Waals surface area contributed by atoms with Gasteiger partial charge in [-0.25, -0.2) is 9.97 Å². The van der Waals surface area contributed by atoms with Crippen LogP contribution in [0.15, 0.2) is 60.9 Å². The maximum absolute atomic E-state index is 6.00. The van der Waals surface area contributed by atoms with Gasteiger partial charge in [0.05, 0.1) is 5.69 Å². The largest absolute Gasteiger partial charge is 0.350 e. The fourth-order valence-electron chi connectivity index (χ4n) is 4.02. The van der Waals surface area contributed by atoms with Crippen molar-refractivity contribution in [1.29, 1.82) is 0 Å². The number of hydrogen-bond acceptors (Lipinski definition) is 3. The SMILES string of the molecule is Cn1cc(CN2CCc3cnc(-c4ccc(Cl)cc4)nc3C2)c2ccccc21. The molecule has 28 heavy (non-hydrogen) atoms. The van der Waals surface area contributed by atoms with E-state index in [1.807, 2.05) is 30.5 Å². The van der Waals surface area contributed by atoms with Gasteiger partial charge in [0.15, 0.2) is 5.82 Å². The fourth-order valence-corrected chi connectivity index (χ4v) is 4.15. The van der Waals surface area contributed by atoms with Crippen LogP contribution in [0.5, 0.6) is 0 Å². The first-order valence-electron chi connectivity index (χ1n) is 9.53. The van der Waals surface area contributed by atoms with Crippen LogP contribution < -0.4 is 0 Å². The highest BCUT2D eigenvalue weighted by Crippen LogP contribution is 2.26. The van der Waals surface area contributed by atoms with E-state index in [1.54, 1.807) is 0 Å². The molecule has 0 atom stereocenters.